The van der Waals surface area contributed by atoms with Gasteiger partial charge in [-0.1, -0.05) is 59.8 Å². The van der Waals surface area contributed by atoms with Crippen molar-refractivity contribution in [3.05, 3.63) is 76.7 Å². The zero-order valence-electron chi connectivity index (χ0n) is 18.6. The van der Waals surface area contributed by atoms with Crippen LogP contribution in [0.2, 0.25) is 0 Å². The lowest BCUT2D eigenvalue weighted by Crippen LogP contribution is -2.31. The van der Waals surface area contributed by atoms with E-state index in [-0.39, 0.29) is 12.3 Å². The van der Waals surface area contributed by atoms with Crippen LogP contribution in [0.25, 0.3) is 23.3 Å². The van der Waals surface area contributed by atoms with Gasteiger partial charge in [-0.2, -0.15) is 0 Å². The van der Waals surface area contributed by atoms with Gasteiger partial charge < -0.3 is 14.6 Å². The first kappa shape index (κ1) is 21.6. The van der Waals surface area contributed by atoms with Crippen molar-refractivity contribution in [3.8, 4) is 11.1 Å². The van der Waals surface area contributed by atoms with Gasteiger partial charge in [-0.25, -0.2) is 0 Å². The molecule has 1 aliphatic heterocycles. The Labute approximate surface area is 187 Å². The average molecular weight is 431 g/mol. The highest BCUT2D eigenvalue weighted by molar-refractivity contribution is 6.03. The van der Waals surface area contributed by atoms with E-state index < -0.39 is 17.6 Å². The number of aromatic nitrogens is 1. The number of benzene rings is 2. The van der Waals surface area contributed by atoms with Crippen LogP contribution in [-0.4, -0.2) is 22.6 Å². The van der Waals surface area contributed by atoms with Gasteiger partial charge in [0.25, 0.3) is 5.91 Å². The molecule has 6 nitrogen and oxygen atoms in total. The molecular weight excluding hydrogens is 404 g/mol. The molecule has 164 valence electrons. The van der Waals surface area contributed by atoms with Gasteiger partial charge in [-0.15, -0.1) is 0 Å². The van der Waals surface area contributed by atoms with Crippen LogP contribution >= 0.6 is 0 Å². The van der Waals surface area contributed by atoms with Crippen LogP contribution in [0.15, 0.2) is 53.1 Å². The summed E-state index contributed by atoms with van der Waals surface area (Å²) in [6, 6.07) is 15.0. The van der Waals surface area contributed by atoms with Crippen molar-refractivity contribution in [2.75, 3.05) is 0 Å². The highest BCUT2D eigenvalue weighted by Crippen LogP contribution is 2.38. The molecule has 1 N–H and O–H groups in total. The van der Waals surface area contributed by atoms with Crippen molar-refractivity contribution in [2.45, 2.75) is 45.8 Å². The first-order chi connectivity index (χ1) is 15.2. The molecule has 1 aliphatic rings. The van der Waals surface area contributed by atoms with Crippen LogP contribution in [0.4, 0.5) is 0 Å². The normalized spacial score (nSPS) is 15.6. The summed E-state index contributed by atoms with van der Waals surface area (Å²) in [5, 5.41) is 7.03. The summed E-state index contributed by atoms with van der Waals surface area (Å²) >= 11 is 0. The summed E-state index contributed by atoms with van der Waals surface area (Å²) < 4.78 is 11.0. The fraction of sp³-hybridized carbons (Fsp3) is 0.269. The van der Waals surface area contributed by atoms with E-state index in [1.54, 1.807) is 20.8 Å². The predicted molar refractivity (Wildman–Crippen MR) is 123 cm³/mol. The largest absolute Gasteiger partial charge is 0.460 e. The number of carbonyl (C=O) groups is 2. The van der Waals surface area contributed by atoms with E-state index in [4.69, 9.17) is 9.26 Å². The highest BCUT2D eigenvalue weighted by atomic mass is 16.6. The summed E-state index contributed by atoms with van der Waals surface area (Å²) in [6.07, 6.45) is 3.92. The number of hydrogen-bond acceptors (Lipinski definition) is 5. The molecule has 0 saturated heterocycles. The standard InChI is InChI=1S/C26H26N2O4/c1-16-23-19-13-12-18(11-10-17-8-6-5-7-9-17)14-20(19)25(30)27-21(24(23)32-28-16)15-22(29)31-26(2,3)4/h5-14,21H,15H2,1-4H3,(H,27,30)/t21-/m0/s1. The molecule has 0 saturated carbocycles. The number of amides is 1. The average Bonchev–Trinajstić information content (AvgIpc) is 3.07. The molecule has 0 spiro atoms. The van der Waals surface area contributed by atoms with Crippen molar-refractivity contribution in [3.63, 3.8) is 0 Å². The van der Waals surface area contributed by atoms with E-state index >= 15 is 0 Å². The van der Waals surface area contributed by atoms with E-state index in [1.165, 1.54) is 0 Å². The first-order valence-corrected chi connectivity index (χ1v) is 10.6. The third-order valence-corrected chi connectivity index (χ3v) is 5.13. The minimum Gasteiger partial charge on any atom is -0.460 e. The van der Waals surface area contributed by atoms with Crippen LogP contribution in [0.5, 0.6) is 0 Å². The molecule has 0 radical (unpaired) electrons. The predicted octanol–water partition coefficient (Wildman–Crippen LogP) is 5.34. The summed E-state index contributed by atoms with van der Waals surface area (Å²) in [4.78, 5) is 25.6. The maximum absolute atomic E-state index is 13.1. The summed E-state index contributed by atoms with van der Waals surface area (Å²) in [7, 11) is 0. The number of nitrogens with zero attached hydrogens (tertiary/aromatic N) is 1. The van der Waals surface area contributed by atoms with E-state index in [0.717, 1.165) is 22.3 Å². The SMILES string of the molecule is Cc1noc2c1-c1ccc(C=Cc3ccccc3)cc1C(=O)N[C@H]2CC(=O)OC(C)(C)C. The van der Waals surface area contributed by atoms with Crippen LogP contribution in [0.3, 0.4) is 0 Å². The molecule has 2 heterocycles. The van der Waals surface area contributed by atoms with Crippen LogP contribution in [-0.2, 0) is 9.53 Å². The molecule has 4 rings (SSSR count). The Morgan fingerprint density at radius 3 is 2.53 bits per heavy atom. The third-order valence-electron chi connectivity index (χ3n) is 5.13. The van der Waals surface area contributed by atoms with Crippen molar-refractivity contribution in [2.24, 2.45) is 0 Å². The van der Waals surface area contributed by atoms with Crippen molar-refractivity contribution >= 4 is 24.0 Å². The van der Waals surface area contributed by atoms with Crippen molar-refractivity contribution < 1.29 is 18.8 Å². The fourth-order valence-electron chi connectivity index (χ4n) is 3.78. The Balaban J connectivity index is 1.68. The maximum atomic E-state index is 13.1. The number of esters is 1. The Morgan fingerprint density at radius 1 is 1.09 bits per heavy atom. The van der Waals surface area contributed by atoms with Gasteiger partial charge in [0.15, 0.2) is 5.76 Å². The van der Waals surface area contributed by atoms with Crippen LogP contribution in [0.1, 0.15) is 66.2 Å². The van der Waals surface area contributed by atoms with Gasteiger partial charge in [0, 0.05) is 5.56 Å². The quantitative estimate of drug-likeness (QED) is 0.446. The third kappa shape index (κ3) is 4.64. The monoisotopic (exact) mass is 430 g/mol. The molecule has 1 atom stereocenters. The van der Waals surface area contributed by atoms with Gasteiger partial charge in [-0.3, -0.25) is 9.59 Å². The van der Waals surface area contributed by atoms with Crippen LogP contribution in [0, 0.1) is 6.92 Å². The minimum absolute atomic E-state index is 0.0423. The summed E-state index contributed by atoms with van der Waals surface area (Å²) in [5.74, 6) is -0.220. The molecule has 3 aromatic rings. The molecule has 1 amide bonds. The topological polar surface area (TPSA) is 81.4 Å². The van der Waals surface area contributed by atoms with E-state index in [0.29, 0.717) is 17.0 Å². The molecule has 0 aliphatic carbocycles. The number of hydrogen-bond donors (Lipinski definition) is 1. The smallest absolute Gasteiger partial charge is 0.308 e. The Kier molecular flexibility index (Phi) is 5.70. The van der Waals surface area contributed by atoms with Gasteiger partial charge >= 0.3 is 5.97 Å². The highest BCUT2D eigenvalue weighted by Gasteiger charge is 2.34. The lowest BCUT2D eigenvalue weighted by atomic mass is 9.95. The number of rotatable bonds is 4. The second kappa shape index (κ2) is 8.46. The van der Waals surface area contributed by atoms with E-state index in [1.807, 2.05) is 67.6 Å². The lowest BCUT2D eigenvalue weighted by molar-refractivity contribution is -0.155. The lowest BCUT2D eigenvalue weighted by Gasteiger charge is -2.21. The second-order valence-corrected chi connectivity index (χ2v) is 8.87. The molecule has 0 fully saturated rings. The Bertz CT molecular complexity index is 1190. The van der Waals surface area contributed by atoms with E-state index in [2.05, 4.69) is 10.5 Å². The Morgan fingerprint density at radius 2 is 1.81 bits per heavy atom. The van der Waals surface area contributed by atoms with Gasteiger partial charge in [0.2, 0.25) is 0 Å². The minimum atomic E-state index is -0.663. The second-order valence-electron chi connectivity index (χ2n) is 8.87. The zero-order valence-corrected chi connectivity index (χ0v) is 18.6. The van der Waals surface area contributed by atoms with Crippen LogP contribution < -0.4 is 5.32 Å². The Hall–Kier alpha value is -3.67. The molecule has 1 aromatic heterocycles. The van der Waals surface area contributed by atoms with Crippen molar-refractivity contribution in [1.29, 1.82) is 0 Å². The maximum Gasteiger partial charge on any atom is 0.308 e. The van der Waals surface area contributed by atoms with Gasteiger partial charge in [0.1, 0.15) is 11.6 Å². The molecular formula is C26H26N2O4. The molecule has 32 heavy (non-hydrogen) atoms. The number of ether oxygens (including phenoxy) is 1. The summed E-state index contributed by atoms with van der Waals surface area (Å²) in [6.45, 7) is 7.25. The van der Waals surface area contributed by atoms with Gasteiger partial charge in [0.05, 0.1) is 17.7 Å². The number of nitrogens with one attached hydrogen (secondary N) is 1. The molecule has 6 heteroatoms. The number of fused-ring (bicyclic) bond motifs is 3. The first-order valence-electron chi connectivity index (χ1n) is 10.6. The fourth-order valence-corrected chi connectivity index (χ4v) is 3.78. The molecule has 2 aromatic carbocycles. The number of carbonyl (C=O) groups excluding carboxylic acids is 2. The summed E-state index contributed by atoms with van der Waals surface area (Å²) in [5.41, 5.74) is 4.00. The molecule has 0 unspecified atom stereocenters. The zero-order chi connectivity index (χ0) is 22.9. The van der Waals surface area contributed by atoms with Crippen molar-refractivity contribution in [1.82, 2.24) is 10.5 Å². The van der Waals surface area contributed by atoms with Gasteiger partial charge in [-0.05, 0) is 50.5 Å². The molecule has 0 bridgehead atoms. The number of aryl methyl sites for hydroxylation is 1. The van der Waals surface area contributed by atoms with E-state index in [9.17, 15) is 9.59 Å².